The number of nitrogens with two attached hydrogens (primary N) is 1. The number of thiol groups is 1. The van der Waals surface area contributed by atoms with Crippen LogP contribution in [0.2, 0.25) is 0 Å². The summed E-state index contributed by atoms with van der Waals surface area (Å²) in [6, 6.07) is 3.46. The van der Waals surface area contributed by atoms with Crippen LogP contribution in [0.25, 0.3) is 0 Å². The minimum atomic E-state index is -1.70. The molecule has 36 heavy (non-hydrogen) atoms. The second-order valence-electron chi connectivity index (χ2n) is 7.88. The van der Waals surface area contributed by atoms with Gasteiger partial charge in [0.1, 0.15) is 18.1 Å². The minimum Gasteiger partial charge on any atom is -0.481 e. The Morgan fingerprint density at radius 1 is 0.917 bits per heavy atom. The van der Waals surface area contributed by atoms with Crippen LogP contribution in [0.5, 0.6) is 0 Å². The van der Waals surface area contributed by atoms with Gasteiger partial charge in [0, 0.05) is 30.5 Å². The lowest BCUT2D eigenvalue weighted by molar-refractivity contribution is -0.147. The van der Waals surface area contributed by atoms with Crippen LogP contribution in [0, 0.1) is 0 Å². The number of imidazole rings is 1. The van der Waals surface area contributed by atoms with Crippen LogP contribution in [-0.4, -0.2) is 79.8 Å². The van der Waals surface area contributed by atoms with Gasteiger partial charge in [-0.2, -0.15) is 12.6 Å². The molecule has 0 aliphatic heterocycles. The van der Waals surface area contributed by atoms with E-state index < -0.39 is 60.2 Å². The van der Waals surface area contributed by atoms with E-state index in [1.165, 1.54) is 12.5 Å². The molecule has 0 saturated heterocycles. The Balaban J connectivity index is 2.12. The number of hydrogen-bond donors (Lipinski definition) is 8. The van der Waals surface area contributed by atoms with Crippen molar-refractivity contribution in [2.24, 2.45) is 5.73 Å². The molecule has 0 aliphatic rings. The summed E-state index contributed by atoms with van der Waals surface area (Å²) in [5.41, 5.74) is 7.17. The molecule has 13 nitrogen and oxygen atoms in total. The number of aliphatic carboxylic acids is 2. The molecule has 3 amide bonds. The summed E-state index contributed by atoms with van der Waals surface area (Å²) < 4.78 is 0. The highest BCUT2D eigenvalue weighted by Crippen LogP contribution is 2.06. The van der Waals surface area contributed by atoms with E-state index in [-0.39, 0.29) is 18.6 Å². The minimum absolute atomic E-state index is 0.0234. The van der Waals surface area contributed by atoms with Crippen LogP contribution < -0.4 is 21.7 Å². The van der Waals surface area contributed by atoms with Crippen molar-refractivity contribution in [1.29, 1.82) is 0 Å². The molecule has 1 heterocycles. The van der Waals surface area contributed by atoms with E-state index in [0.717, 1.165) is 0 Å². The van der Waals surface area contributed by atoms with Crippen LogP contribution in [-0.2, 0) is 36.8 Å². The van der Waals surface area contributed by atoms with Gasteiger partial charge in [0.25, 0.3) is 0 Å². The first kappa shape index (κ1) is 28.3. The molecule has 4 atom stereocenters. The first-order valence-corrected chi connectivity index (χ1v) is 11.5. The Hall–Kier alpha value is -3.91. The molecule has 0 spiro atoms. The fraction of sp³-hybridized carbons (Fsp3) is 0.364. The van der Waals surface area contributed by atoms with Gasteiger partial charge in [0.05, 0.1) is 18.8 Å². The van der Waals surface area contributed by atoms with E-state index in [1.807, 2.05) is 0 Å². The number of nitrogens with one attached hydrogen (secondary N) is 4. The average Bonchev–Trinajstić information content (AvgIpc) is 3.34. The number of aromatic nitrogens is 2. The zero-order chi connectivity index (χ0) is 26.7. The SMILES string of the molecule is NC(Cc1cnc[nH]1)C(=O)NC(CS)C(=O)NC(Cc1ccccc1)C(=O)NC(CC(=O)O)C(=O)O. The number of H-pyrrole nitrogens is 1. The van der Waals surface area contributed by atoms with Gasteiger partial charge in [-0.1, -0.05) is 30.3 Å². The summed E-state index contributed by atoms with van der Waals surface area (Å²) in [6.45, 7) is 0. The zero-order valence-electron chi connectivity index (χ0n) is 19.1. The summed E-state index contributed by atoms with van der Waals surface area (Å²) >= 11 is 4.10. The second-order valence-corrected chi connectivity index (χ2v) is 8.24. The highest BCUT2D eigenvalue weighted by atomic mass is 32.1. The lowest BCUT2D eigenvalue weighted by Crippen LogP contribution is -2.58. The van der Waals surface area contributed by atoms with Gasteiger partial charge in [-0.05, 0) is 5.56 Å². The molecule has 0 bridgehead atoms. The van der Waals surface area contributed by atoms with Crippen LogP contribution >= 0.6 is 12.6 Å². The van der Waals surface area contributed by atoms with Crippen LogP contribution in [0.3, 0.4) is 0 Å². The number of benzene rings is 1. The monoisotopic (exact) mass is 520 g/mol. The molecule has 2 aromatic rings. The number of carbonyl (C=O) groups excluding carboxylic acids is 3. The van der Waals surface area contributed by atoms with Gasteiger partial charge in [-0.3, -0.25) is 19.2 Å². The van der Waals surface area contributed by atoms with Crippen LogP contribution in [0.1, 0.15) is 17.7 Å². The van der Waals surface area contributed by atoms with E-state index in [2.05, 4.69) is 38.5 Å². The third-order valence-electron chi connectivity index (χ3n) is 5.06. The normalized spacial score (nSPS) is 14.1. The van der Waals surface area contributed by atoms with Crippen molar-refractivity contribution >= 4 is 42.3 Å². The summed E-state index contributed by atoms with van der Waals surface area (Å²) in [4.78, 5) is 67.3. The Morgan fingerprint density at radius 3 is 2.08 bits per heavy atom. The Bertz CT molecular complexity index is 1050. The maximum atomic E-state index is 12.9. The predicted molar refractivity (Wildman–Crippen MR) is 130 cm³/mol. The van der Waals surface area contributed by atoms with Crippen molar-refractivity contribution in [1.82, 2.24) is 25.9 Å². The number of carboxylic acid groups (broad SMARTS) is 2. The van der Waals surface area contributed by atoms with Crippen molar-refractivity contribution in [3.05, 3.63) is 54.1 Å². The first-order valence-electron chi connectivity index (χ1n) is 10.8. The fourth-order valence-corrected chi connectivity index (χ4v) is 3.43. The van der Waals surface area contributed by atoms with Gasteiger partial charge >= 0.3 is 11.9 Å². The van der Waals surface area contributed by atoms with Crippen molar-refractivity contribution in [3.63, 3.8) is 0 Å². The molecule has 14 heteroatoms. The Labute approximate surface area is 211 Å². The standard InChI is InChI=1S/C22H28N6O7S/c23-14(7-13-9-24-11-25-13)19(31)28-17(10-36)21(33)26-15(6-12-4-2-1-3-5-12)20(32)27-16(22(34)35)8-18(29)30/h1-5,9,11,14-17,36H,6-8,10,23H2,(H,24,25)(H,26,33)(H,27,32)(H,28,31)(H,29,30)(H,34,35). The van der Waals surface area contributed by atoms with Crippen LogP contribution in [0.4, 0.5) is 0 Å². The molecular weight excluding hydrogens is 492 g/mol. The smallest absolute Gasteiger partial charge is 0.326 e. The number of carbonyl (C=O) groups is 5. The van der Waals surface area contributed by atoms with E-state index >= 15 is 0 Å². The average molecular weight is 521 g/mol. The predicted octanol–water partition coefficient (Wildman–Crippen LogP) is -1.53. The Morgan fingerprint density at radius 2 is 1.53 bits per heavy atom. The molecule has 0 saturated carbocycles. The molecule has 1 aromatic carbocycles. The van der Waals surface area contributed by atoms with Gasteiger partial charge < -0.3 is 36.9 Å². The van der Waals surface area contributed by atoms with Gasteiger partial charge in [-0.15, -0.1) is 0 Å². The highest BCUT2D eigenvalue weighted by molar-refractivity contribution is 7.80. The van der Waals surface area contributed by atoms with Crippen LogP contribution in [0.15, 0.2) is 42.9 Å². The molecule has 194 valence electrons. The number of rotatable bonds is 14. The number of amides is 3. The number of carboxylic acids is 2. The number of hydrogen-bond acceptors (Lipinski definition) is 8. The fourth-order valence-electron chi connectivity index (χ4n) is 3.18. The molecule has 0 fully saturated rings. The summed E-state index contributed by atoms with van der Waals surface area (Å²) in [7, 11) is 0. The van der Waals surface area contributed by atoms with Crippen molar-refractivity contribution in [2.45, 2.75) is 43.4 Å². The van der Waals surface area contributed by atoms with E-state index in [4.69, 9.17) is 10.8 Å². The number of nitrogens with zero attached hydrogens (tertiary/aromatic N) is 1. The van der Waals surface area contributed by atoms with Crippen molar-refractivity contribution in [2.75, 3.05) is 5.75 Å². The largest absolute Gasteiger partial charge is 0.481 e. The van der Waals surface area contributed by atoms with E-state index in [0.29, 0.717) is 11.3 Å². The second kappa shape index (κ2) is 13.8. The Kier molecular flexibility index (Phi) is 10.9. The topological polar surface area (TPSA) is 217 Å². The summed E-state index contributed by atoms with van der Waals surface area (Å²) in [5.74, 6) is -5.37. The molecule has 2 rings (SSSR count). The lowest BCUT2D eigenvalue weighted by atomic mass is 10.0. The summed E-state index contributed by atoms with van der Waals surface area (Å²) in [5, 5.41) is 25.3. The molecule has 0 radical (unpaired) electrons. The molecule has 1 aromatic heterocycles. The summed E-state index contributed by atoms with van der Waals surface area (Å²) in [6.07, 6.45) is 2.22. The van der Waals surface area contributed by atoms with E-state index in [9.17, 15) is 29.1 Å². The van der Waals surface area contributed by atoms with E-state index in [1.54, 1.807) is 30.3 Å². The molecular formula is C22H28N6O7S. The van der Waals surface area contributed by atoms with Gasteiger partial charge in [0.2, 0.25) is 17.7 Å². The molecule has 4 unspecified atom stereocenters. The van der Waals surface area contributed by atoms with Gasteiger partial charge in [-0.25, -0.2) is 9.78 Å². The number of aromatic amines is 1. The maximum Gasteiger partial charge on any atom is 0.326 e. The highest BCUT2D eigenvalue weighted by Gasteiger charge is 2.31. The van der Waals surface area contributed by atoms with Crippen molar-refractivity contribution in [3.8, 4) is 0 Å². The zero-order valence-corrected chi connectivity index (χ0v) is 20.0. The van der Waals surface area contributed by atoms with Gasteiger partial charge in [0.15, 0.2) is 0 Å². The third-order valence-corrected chi connectivity index (χ3v) is 5.42. The lowest BCUT2D eigenvalue weighted by Gasteiger charge is -2.24. The quantitative estimate of drug-likeness (QED) is 0.135. The molecule has 8 N–H and O–H groups in total. The first-order chi connectivity index (χ1) is 17.1. The maximum absolute atomic E-state index is 12.9. The third kappa shape index (κ3) is 9.03. The van der Waals surface area contributed by atoms with Crippen molar-refractivity contribution < 1.29 is 34.2 Å². The molecule has 0 aliphatic carbocycles.